The fraction of sp³-hybridized carbons (Fsp3) is 0.625. The molecule has 21 heavy (non-hydrogen) atoms. The summed E-state index contributed by atoms with van der Waals surface area (Å²) in [6.07, 6.45) is 1.05. The van der Waals surface area contributed by atoms with E-state index in [1.165, 1.54) is 0 Å². The summed E-state index contributed by atoms with van der Waals surface area (Å²) in [6.45, 7) is 5.06. The maximum Gasteiger partial charge on any atom is 0.146 e. The molecule has 4 nitrogen and oxygen atoms in total. The number of benzene rings is 1. The van der Waals surface area contributed by atoms with Crippen molar-refractivity contribution in [1.82, 2.24) is 5.32 Å². The number of nitrogens with one attached hydrogen (secondary N) is 1. The van der Waals surface area contributed by atoms with Crippen LogP contribution in [0.15, 0.2) is 18.2 Å². The second-order valence-electron chi connectivity index (χ2n) is 5.42. The molecule has 0 saturated carbocycles. The van der Waals surface area contributed by atoms with Gasteiger partial charge in [0.2, 0.25) is 0 Å². The van der Waals surface area contributed by atoms with E-state index in [2.05, 4.69) is 12.2 Å². The molecule has 1 aromatic carbocycles. The molecule has 1 N–H and O–H groups in total. The van der Waals surface area contributed by atoms with Gasteiger partial charge in [-0.25, -0.2) is 4.39 Å². The molecule has 5 heteroatoms. The molecule has 0 bridgehead atoms. The third-order valence-corrected chi connectivity index (χ3v) is 3.93. The van der Waals surface area contributed by atoms with E-state index in [1.54, 1.807) is 20.3 Å². The molecule has 118 valence electrons. The lowest BCUT2D eigenvalue weighted by Crippen LogP contribution is -2.27. The van der Waals surface area contributed by atoms with E-state index in [1.807, 2.05) is 17.0 Å². The maximum atomic E-state index is 14.3. The highest BCUT2D eigenvalue weighted by Gasteiger charge is 2.34. The molecule has 1 aliphatic rings. The Morgan fingerprint density at radius 1 is 1.24 bits per heavy atom. The van der Waals surface area contributed by atoms with Crippen LogP contribution >= 0.6 is 0 Å². The number of anilines is 1. The van der Waals surface area contributed by atoms with Crippen LogP contribution in [0.3, 0.4) is 0 Å². The minimum atomic E-state index is -0.183. The highest BCUT2D eigenvalue weighted by Crippen LogP contribution is 2.26. The number of nitrogens with zero attached hydrogens (tertiary/aromatic N) is 1. The van der Waals surface area contributed by atoms with Gasteiger partial charge in [-0.1, -0.05) is 13.0 Å². The minimum absolute atomic E-state index is 0.0136. The molecule has 1 saturated heterocycles. The molecule has 2 atom stereocenters. The van der Waals surface area contributed by atoms with Crippen LogP contribution in [0.1, 0.15) is 18.9 Å². The van der Waals surface area contributed by atoms with Gasteiger partial charge in [-0.05, 0) is 30.7 Å². The Bertz CT molecular complexity index is 444. The Labute approximate surface area is 126 Å². The van der Waals surface area contributed by atoms with Crippen LogP contribution in [0.4, 0.5) is 10.1 Å². The van der Waals surface area contributed by atoms with Crippen molar-refractivity contribution in [3.8, 4) is 0 Å². The average molecular weight is 296 g/mol. The number of halogens is 1. The molecule has 1 aromatic rings. The fourth-order valence-corrected chi connectivity index (χ4v) is 2.72. The van der Waals surface area contributed by atoms with E-state index in [0.717, 1.165) is 18.5 Å². The zero-order valence-electron chi connectivity index (χ0n) is 13.1. The lowest BCUT2D eigenvalue weighted by atomic mass is 10.2. The molecule has 1 fully saturated rings. The van der Waals surface area contributed by atoms with Gasteiger partial charge in [-0.2, -0.15) is 0 Å². The quantitative estimate of drug-likeness (QED) is 0.782. The highest BCUT2D eigenvalue weighted by atomic mass is 19.1. The summed E-state index contributed by atoms with van der Waals surface area (Å²) in [4.78, 5) is 1.99. The molecule has 0 aliphatic carbocycles. The summed E-state index contributed by atoms with van der Waals surface area (Å²) in [6, 6.07) is 5.44. The summed E-state index contributed by atoms with van der Waals surface area (Å²) in [5.41, 5.74) is 1.59. The van der Waals surface area contributed by atoms with Gasteiger partial charge in [-0.15, -0.1) is 0 Å². The Hall–Kier alpha value is -1.17. The number of hydrogen-bond acceptors (Lipinski definition) is 4. The van der Waals surface area contributed by atoms with Crippen LogP contribution in [0, 0.1) is 5.82 Å². The Morgan fingerprint density at radius 2 is 1.90 bits per heavy atom. The molecular weight excluding hydrogens is 271 g/mol. The Balaban J connectivity index is 2.04. The van der Waals surface area contributed by atoms with Gasteiger partial charge in [0.25, 0.3) is 0 Å². The topological polar surface area (TPSA) is 33.7 Å². The van der Waals surface area contributed by atoms with E-state index in [9.17, 15) is 4.39 Å². The first-order chi connectivity index (χ1) is 10.2. The molecule has 0 amide bonds. The molecule has 0 spiro atoms. The fourth-order valence-electron chi connectivity index (χ4n) is 2.72. The second kappa shape index (κ2) is 7.73. The van der Waals surface area contributed by atoms with Crippen LogP contribution in [-0.4, -0.2) is 46.1 Å². The van der Waals surface area contributed by atoms with Crippen molar-refractivity contribution in [2.45, 2.75) is 32.1 Å². The summed E-state index contributed by atoms with van der Waals surface area (Å²) in [5, 5.41) is 3.28. The van der Waals surface area contributed by atoms with Crippen molar-refractivity contribution in [2.75, 3.05) is 38.8 Å². The van der Waals surface area contributed by atoms with Gasteiger partial charge < -0.3 is 19.7 Å². The maximum absolute atomic E-state index is 14.3. The van der Waals surface area contributed by atoms with Crippen LogP contribution in [0.25, 0.3) is 0 Å². The van der Waals surface area contributed by atoms with E-state index < -0.39 is 0 Å². The normalized spacial score (nSPS) is 22.0. The molecule has 0 aromatic heterocycles. The summed E-state index contributed by atoms with van der Waals surface area (Å²) >= 11 is 0. The van der Waals surface area contributed by atoms with Crippen molar-refractivity contribution >= 4 is 5.69 Å². The third-order valence-electron chi connectivity index (χ3n) is 3.93. The first kappa shape index (κ1) is 16.2. The van der Waals surface area contributed by atoms with E-state index in [0.29, 0.717) is 25.3 Å². The van der Waals surface area contributed by atoms with Crippen LogP contribution in [0.2, 0.25) is 0 Å². The van der Waals surface area contributed by atoms with Gasteiger partial charge in [0, 0.05) is 33.9 Å². The van der Waals surface area contributed by atoms with Crippen molar-refractivity contribution < 1.29 is 13.9 Å². The van der Waals surface area contributed by atoms with Crippen LogP contribution in [0.5, 0.6) is 0 Å². The van der Waals surface area contributed by atoms with Gasteiger partial charge in [-0.3, -0.25) is 0 Å². The van der Waals surface area contributed by atoms with Crippen molar-refractivity contribution in [3.05, 3.63) is 29.6 Å². The van der Waals surface area contributed by atoms with Crippen molar-refractivity contribution in [1.29, 1.82) is 0 Å². The molecule has 2 rings (SSSR count). The lowest BCUT2D eigenvalue weighted by Gasteiger charge is -2.19. The zero-order valence-corrected chi connectivity index (χ0v) is 13.1. The van der Waals surface area contributed by atoms with Crippen LogP contribution in [-0.2, 0) is 16.0 Å². The number of rotatable bonds is 7. The predicted molar refractivity (Wildman–Crippen MR) is 82.2 cm³/mol. The van der Waals surface area contributed by atoms with Gasteiger partial charge in [0.1, 0.15) is 18.0 Å². The standard InChI is InChI=1S/C16H25FN2O2/c1-4-7-18-9-12-5-6-14(13(17)8-12)19-10-15(20-2)16(11-19)21-3/h5-6,8,15-16,18H,4,7,9-11H2,1-3H3. The first-order valence-electron chi connectivity index (χ1n) is 7.49. The van der Waals surface area contributed by atoms with Crippen molar-refractivity contribution in [2.24, 2.45) is 0 Å². The molecule has 1 heterocycles. The Kier molecular flexibility index (Phi) is 5.96. The minimum Gasteiger partial charge on any atom is -0.377 e. The summed E-state index contributed by atoms with van der Waals surface area (Å²) < 4.78 is 25.1. The van der Waals surface area contributed by atoms with E-state index >= 15 is 0 Å². The second-order valence-corrected chi connectivity index (χ2v) is 5.42. The van der Waals surface area contributed by atoms with Crippen molar-refractivity contribution in [3.63, 3.8) is 0 Å². The first-order valence-corrected chi connectivity index (χ1v) is 7.49. The summed E-state index contributed by atoms with van der Waals surface area (Å²) in [5.74, 6) is -0.183. The van der Waals surface area contributed by atoms with E-state index in [-0.39, 0.29) is 18.0 Å². The van der Waals surface area contributed by atoms with Gasteiger partial charge in [0.15, 0.2) is 0 Å². The smallest absolute Gasteiger partial charge is 0.146 e. The average Bonchev–Trinajstić information content (AvgIpc) is 2.90. The van der Waals surface area contributed by atoms with Gasteiger partial charge in [0.05, 0.1) is 5.69 Å². The SMILES string of the molecule is CCCNCc1ccc(N2CC(OC)C(OC)C2)c(F)c1. The molecule has 0 radical (unpaired) electrons. The predicted octanol–water partition coefficient (Wildman–Crippen LogP) is 2.18. The van der Waals surface area contributed by atoms with E-state index in [4.69, 9.17) is 9.47 Å². The van der Waals surface area contributed by atoms with Gasteiger partial charge >= 0.3 is 0 Å². The highest BCUT2D eigenvalue weighted by molar-refractivity contribution is 5.50. The third kappa shape index (κ3) is 3.93. The zero-order chi connectivity index (χ0) is 15.2. The molecular formula is C16H25FN2O2. The molecule has 1 aliphatic heterocycles. The monoisotopic (exact) mass is 296 g/mol. The number of hydrogen-bond donors (Lipinski definition) is 1. The van der Waals surface area contributed by atoms with Crippen LogP contribution < -0.4 is 10.2 Å². The molecule has 2 unspecified atom stereocenters. The largest absolute Gasteiger partial charge is 0.377 e. The summed E-state index contributed by atoms with van der Waals surface area (Å²) in [7, 11) is 3.33. The number of ether oxygens (including phenoxy) is 2. The Morgan fingerprint density at radius 3 is 2.43 bits per heavy atom. The number of methoxy groups -OCH3 is 2. The lowest BCUT2D eigenvalue weighted by molar-refractivity contribution is -0.00461.